The van der Waals surface area contributed by atoms with E-state index < -0.39 is 0 Å². The molecule has 0 aliphatic carbocycles. The fourth-order valence-corrected chi connectivity index (χ4v) is 2.47. The molecule has 0 aromatic heterocycles. The minimum absolute atomic E-state index is 0. The highest BCUT2D eigenvalue weighted by atomic mass is 35.5. The maximum Gasteiger partial charge on any atom is 0.166 e. The molecule has 0 bridgehead atoms. The van der Waals surface area contributed by atoms with Gasteiger partial charge < -0.3 is 25.2 Å². The minimum atomic E-state index is 0. The minimum Gasteiger partial charge on any atom is -0.490 e. The van der Waals surface area contributed by atoms with Crippen LogP contribution in [0.4, 0.5) is 0 Å². The largest absolute Gasteiger partial charge is 0.490 e. The molecule has 0 radical (unpaired) electrons. The predicted molar refractivity (Wildman–Crippen MR) is 115 cm³/mol. The van der Waals surface area contributed by atoms with Crippen molar-refractivity contribution < 1.29 is 14.6 Å². The summed E-state index contributed by atoms with van der Waals surface area (Å²) < 4.78 is 11.8. The van der Waals surface area contributed by atoms with E-state index in [4.69, 9.17) is 14.6 Å². The van der Waals surface area contributed by atoms with Gasteiger partial charge in [-0.1, -0.05) is 42.5 Å². The van der Waals surface area contributed by atoms with Crippen molar-refractivity contribution in [3.63, 3.8) is 0 Å². The molecule has 0 saturated carbocycles. The molecule has 0 saturated heterocycles. The van der Waals surface area contributed by atoms with E-state index in [2.05, 4.69) is 16.7 Å². The van der Waals surface area contributed by atoms with Crippen LogP contribution in [0.5, 0.6) is 11.5 Å². The van der Waals surface area contributed by atoms with Crippen molar-refractivity contribution in [1.82, 2.24) is 10.6 Å². The van der Waals surface area contributed by atoms with Crippen LogP contribution < -0.4 is 20.1 Å². The zero-order chi connectivity index (χ0) is 17.7. The van der Waals surface area contributed by atoms with Crippen molar-refractivity contribution in [3.8, 4) is 11.5 Å². The number of benzene rings is 2. The summed E-state index contributed by atoms with van der Waals surface area (Å²) >= 11 is 0. The lowest BCUT2D eigenvalue weighted by molar-refractivity contribution is 0.266. The second-order valence-corrected chi connectivity index (χ2v) is 5.60. The molecule has 27 heavy (non-hydrogen) atoms. The predicted octanol–water partition coefficient (Wildman–Crippen LogP) is 3.18. The Morgan fingerprint density at radius 1 is 0.852 bits per heavy atom. The van der Waals surface area contributed by atoms with Gasteiger partial charge in [-0.05, 0) is 18.6 Å². The van der Waals surface area contributed by atoms with E-state index in [1.54, 1.807) is 0 Å². The normalized spacial score (nSPS) is 9.85. The smallest absolute Gasteiger partial charge is 0.166 e. The van der Waals surface area contributed by atoms with Gasteiger partial charge in [0, 0.05) is 31.7 Å². The average Bonchev–Trinajstić information content (AvgIpc) is 2.65. The van der Waals surface area contributed by atoms with Crippen LogP contribution in [0, 0.1) is 0 Å². The number of hydrogen-bond acceptors (Lipinski definition) is 5. The molecular weight excluding hydrogens is 387 g/mol. The summed E-state index contributed by atoms with van der Waals surface area (Å²) in [6, 6.07) is 16.1. The zero-order valence-corrected chi connectivity index (χ0v) is 17.3. The second kappa shape index (κ2) is 15.5. The molecule has 0 aliphatic rings. The Morgan fingerprint density at radius 3 is 2.30 bits per heavy atom. The van der Waals surface area contributed by atoms with Crippen molar-refractivity contribution in [1.29, 1.82) is 0 Å². The number of ether oxygens (including phenoxy) is 2. The van der Waals surface area contributed by atoms with Gasteiger partial charge in [0.1, 0.15) is 6.61 Å². The van der Waals surface area contributed by atoms with E-state index in [0.717, 1.165) is 35.7 Å². The van der Waals surface area contributed by atoms with Gasteiger partial charge >= 0.3 is 0 Å². The molecule has 7 heteroatoms. The van der Waals surface area contributed by atoms with Crippen molar-refractivity contribution >= 4 is 24.8 Å². The molecule has 2 rings (SSSR count). The highest BCUT2D eigenvalue weighted by Crippen LogP contribution is 2.32. The first-order valence-corrected chi connectivity index (χ1v) is 8.78. The maximum absolute atomic E-state index is 8.76. The van der Waals surface area contributed by atoms with E-state index in [0.29, 0.717) is 26.3 Å². The Hall–Kier alpha value is -1.50. The summed E-state index contributed by atoms with van der Waals surface area (Å²) in [5.74, 6) is 1.57. The van der Waals surface area contributed by atoms with E-state index in [1.807, 2.05) is 49.4 Å². The summed E-state index contributed by atoms with van der Waals surface area (Å²) in [5, 5.41) is 15.3. The molecule has 0 atom stereocenters. The Balaban J connectivity index is 0.00000338. The standard InChI is InChI=1S/C20H28N2O3.2ClH/c1-2-24-19-10-6-9-18(15-22-12-11-21-13-14-23)20(19)25-16-17-7-4-3-5-8-17;;/h3-10,21-23H,2,11-16H2,1H3;2*1H. The van der Waals surface area contributed by atoms with E-state index >= 15 is 0 Å². The number of para-hydroxylation sites is 1. The number of rotatable bonds is 12. The van der Waals surface area contributed by atoms with Crippen LogP contribution in [0.1, 0.15) is 18.1 Å². The Morgan fingerprint density at radius 2 is 1.59 bits per heavy atom. The van der Waals surface area contributed by atoms with Crippen molar-refractivity contribution in [2.45, 2.75) is 20.1 Å². The van der Waals surface area contributed by atoms with Gasteiger partial charge in [-0.15, -0.1) is 24.8 Å². The molecule has 0 fully saturated rings. The highest BCUT2D eigenvalue weighted by molar-refractivity contribution is 5.85. The fraction of sp³-hybridized carbons (Fsp3) is 0.400. The Labute approximate surface area is 174 Å². The van der Waals surface area contributed by atoms with Crippen LogP contribution >= 0.6 is 24.8 Å². The van der Waals surface area contributed by atoms with Gasteiger partial charge in [0.15, 0.2) is 11.5 Å². The molecule has 0 amide bonds. The summed E-state index contributed by atoms with van der Waals surface area (Å²) in [6.07, 6.45) is 0. The number of aliphatic hydroxyl groups is 1. The number of nitrogens with one attached hydrogen (secondary N) is 2. The Kier molecular flexibility index (Phi) is 14.7. The van der Waals surface area contributed by atoms with Gasteiger partial charge in [-0.2, -0.15) is 0 Å². The van der Waals surface area contributed by atoms with Crippen LogP contribution in [0.2, 0.25) is 0 Å². The molecule has 5 nitrogen and oxygen atoms in total. The second-order valence-electron chi connectivity index (χ2n) is 5.60. The first-order chi connectivity index (χ1) is 12.3. The number of halogens is 2. The summed E-state index contributed by atoms with van der Waals surface area (Å²) in [4.78, 5) is 0. The van der Waals surface area contributed by atoms with Crippen molar-refractivity contribution in [2.75, 3.05) is 32.8 Å². The van der Waals surface area contributed by atoms with Crippen LogP contribution in [0.25, 0.3) is 0 Å². The number of hydrogen-bond donors (Lipinski definition) is 3. The van der Waals surface area contributed by atoms with E-state index in [1.165, 1.54) is 0 Å². The highest BCUT2D eigenvalue weighted by Gasteiger charge is 2.11. The van der Waals surface area contributed by atoms with E-state index in [9.17, 15) is 0 Å². The topological polar surface area (TPSA) is 62.8 Å². The fourth-order valence-electron chi connectivity index (χ4n) is 2.47. The monoisotopic (exact) mass is 416 g/mol. The third-order valence-corrected chi connectivity index (χ3v) is 3.67. The SMILES string of the molecule is CCOc1cccc(CNCCNCCO)c1OCc1ccccc1.Cl.Cl. The molecule has 3 N–H and O–H groups in total. The lowest BCUT2D eigenvalue weighted by atomic mass is 10.1. The molecule has 152 valence electrons. The first-order valence-electron chi connectivity index (χ1n) is 8.78. The summed E-state index contributed by atoms with van der Waals surface area (Å²) in [5.41, 5.74) is 2.20. The van der Waals surface area contributed by atoms with E-state index in [-0.39, 0.29) is 31.4 Å². The van der Waals surface area contributed by atoms with Crippen molar-refractivity contribution in [3.05, 3.63) is 59.7 Å². The maximum atomic E-state index is 8.76. The lowest BCUT2D eigenvalue weighted by Gasteiger charge is -2.16. The van der Waals surface area contributed by atoms with Gasteiger partial charge in [-0.25, -0.2) is 0 Å². The molecule has 0 heterocycles. The van der Waals surface area contributed by atoms with Gasteiger partial charge in [0.2, 0.25) is 0 Å². The summed E-state index contributed by atoms with van der Waals surface area (Å²) in [6.45, 7) is 6.19. The number of aliphatic hydroxyl groups excluding tert-OH is 1. The van der Waals surface area contributed by atoms with Crippen LogP contribution in [0.15, 0.2) is 48.5 Å². The molecule has 0 spiro atoms. The van der Waals surface area contributed by atoms with Crippen LogP contribution in [-0.2, 0) is 13.2 Å². The molecule has 0 unspecified atom stereocenters. The van der Waals surface area contributed by atoms with Crippen LogP contribution in [-0.4, -0.2) is 38.0 Å². The Bertz CT molecular complexity index is 615. The molecule has 0 aliphatic heterocycles. The van der Waals surface area contributed by atoms with Gasteiger partial charge in [-0.3, -0.25) is 0 Å². The zero-order valence-electron chi connectivity index (χ0n) is 15.6. The summed E-state index contributed by atoms with van der Waals surface area (Å²) in [7, 11) is 0. The lowest BCUT2D eigenvalue weighted by Crippen LogP contribution is -2.28. The molecular formula is C20H30Cl2N2O3. The first kappa shape index (κ1) is 25.5. The molecule has 2 aromatic rings. The average molecular weight is 417 g/mol. The van der Waals surface area contributed by atoms with Crippen LogP contribution in [0.3, 0.4) is 0 Å². The van der Waals surface area contributed by atoms with Gasteiger partial charge in [0.25, 0.3) is 0 Å². The third-order valence-electron chi connectivity index (χ3n) is 3.67. The van der Waals surface area contributed by atoms with Crippen molar-refractivity contribution in [2.24, 2.45) is 0 Å². The third kappa shape index (κ3) is 9.31. The quantitative estimate of drug-likeness (QED) is 0.463. The van der Waals surface area contributed by atoms with Gasteiger partial charge in [0.05, 0.1) is 13.2 Å². The molecule has 2 aromatic carbocycles.